The summed E-state index contributed by atoms with van der Waals surface area (Å²) in [5, 5.41) is 21.8. The van der Waals surface area contributed by atoms with Crippen LogP contribution in [0.15, 0.2) is 18.2 Å². The fourth-order valence-electron chi connectivity index (χ4n) is 2.17. The van der Waals surface area contributed by atoms with Crippen molar-refractivity contribution in [3.63, 3.8) is 0 Å². The van der Waals surface area contributed by atoms with Crippen LogP contribution in [0.5, 0.6) is 0 Å². The fourth-order valence-corrected chi connectivity index (χ4v) is 2.17. The van der Waals surface area contributed by atoms with Crippen LogP contribution in [0.4, 0.5) is 0 Å². The molecule has 1 aliphatic carbocycles. The van der Waals surface area contributed by atoms with E-state index in [4.69, 9.17) is 5.11 Å². The van der Waals surface area contributed by atoms with Crippen molar-refractivity contribution in [3.8, 4) is 0 Å². The van der Waals surface area contributed by atoms with E-state index in [1.807, 2.05) is 13.8 Å². The standard InChI is InChI=1S/C13H18N2O3/c1-13(2)10(6-11(13)16)14-7-8-4-3-5-9(15-8)12(17)18/h3-5,10-11,14,16H,6-7H2,1-2H3,(H,17,18). The SMILES string of the molecule is CC1(C)C(O)CC1NCc1cccc(C(=O)O)n1. The molecule has 0 radical (unpaired) electrons. The molecule has 0 saturated heterocycles. The number of hydrogen-bond donors (Lipinski definition) is 3. The summed E-state index contributed by atoms with van der Waals surface area (Å²) in [5.41, 5.74) is 0.624. The Bertz CT molecular complexity index is 459. The molecule has 0 bridgehead atoms. The Labute approximate surface area is 106 Å². The lowest BCUT2D eigenvalue weighted by molar-refractivity contribution is -0.0730. The molecule has 2 unspecified atom stereocenters. The Morgan fingerprint density at radius 3 is 2.83 bits per heavy atom. The molecule has 1 heterocycles. The molecule has 0 spiro atoms. The Morgan fingerprint density at radius 2 is 2.28 bits per heavy atom. The first-order chi connectivity index (χ1) is 8.41. The molecule has 1 saturated carbocycles. The van der Waals surface area contributed by atoms with Gasteiger partial charge in [0, 0.05) is 18.0 Å². The molecule has 2 atom stereocenters. The summed E-state index contributed by atoms with van der Waals surface area (Å²) < 4.78 is 0. The number of carbonyl (C=O) groups is 1. The summed E-state index contributed by atoms with van der Waals surface area (Å²) in [7, 11) is 0. The van der Waals surface area contributed by atoms with Gasteiger partial charge in [-0.2, -0.15) is 0 Å². The molecule has 1 aliphatic rings. The van der Waals surface area contributed by atoms with Gasteiger partial charge in [-0.15, -0.1) is 0 Å². The van der Waals surface area contributed by atoms with E-state index in [0.29, 0.717) is 12.2 Å². The van der Waals surface area contributed by atoms with Crippen LogP contribution >= 0.6 is 0 Å². The van der Waals surface area contributed by atoms with Crippen molar-refractivity contribution in [2.24, 2.45) is 5.41 Å². The number of rotatable bonds is 4. The number of carboxylic acid groups (broad SMARTS) is 1. The summed E-state index contributed by atoms with van der Waals surface area (Å²) in [6, 6.07) is 5.20. The third kappa shape index (κ3) is 2.37. The van der Waals surface area contributed by atoms with Gasteiger partial charge in [-0.1, -0.05) is 19.9 Å². The van der Waals surface area contributed by atoms with Gasteiger partial charge in [0.2, 0.25) is 0 Å². The van der Waals surface area contributed by atoms with Crippen molar-refractivity contribution in [2.75, 3.05) is 0 Å². The van der Waals surface area contributed by atoms with Crippen LogP contribution in [-0.2, 0) is 6.54 Å². The second-order valence-corrected chi connectivity index (χ2v) is 5.33. The molecule has 2 rings (SSSR count). The van der Waals surface area contributed by atoms with Gasteiger partial charge < -0.3 is 15.5 Å². The first-order valence-electron chi connectivity index (χ1n) is 6.02. The molecule has 1 aromatic rings. The van der Waals surface area contributed by atoms with Gasteiger partial charge in [-0.3, -0.25) is 0 Å². The van der Waals surface area contributed by atoms with Gasteiger partial charge >= 0.3 is 5.97 Å². The zero-order chi connectivity index (χ0) is 13.3. The summed E-state index contributed by atoms with van der Waals surface area (Å²) in [6.07, 6.45) is 0.458. The Morgan fingerprint density at radius 1 is 1.56 bits per heavy atom. The number of aliphatic hydroxyl groups is 1. The number of aromatic carboxylic acids is 1. The van der Waals surface area contributed by atoms with E-state index in [0.717, 1.165) is 6.42 Å². The van der Waals surface area contributed by atoms with Crippen LogP contribution < -0.4 is 5.32 Å². The van der Waals surface area contributed by atoms with Gasteiger partial charge in [-0.25, -0.2) is 9.78 Å². The zero-order valence-electron chi connectivity index (χ0n) is 10.6. The van der Waals surface area contributed by atoms with Gasteiger partial charge in [-0.05, 0) is 18.6 Å². The molecule has 3 N–H and O–H groups in total. The lowest BCUT2D eigenvalue weighted by Gasteiger charge is -2.49. The van der Waals surface area contributed by atoms with Crippen LogP contribution in [0.2, 0.25) is 0 Å². The van der Waals surface area contributed by atoms with Gasteiger partial charge in [0.05, 0.1) is 11.8 Å². The monoisotopic (exact) mass is 250 g/mol. The summed E-state index contributed by atoms with van der Waals surface area (Å²) in [6.45, 7) is 4.54. The summed E-state index contributed by atoms with van der Waals surface area (Å²) in [4.78, 5) is 14.8. The predicted molar refractivity (Wildman–Crippen MR) is 66.2 cm³/mol. The minimum atomic E-state index is -1.02. The number of pyridine rings is 1. The van der Waals surface area contributed by atoms with E-state index in [2.05, 4.69) is 10.3 Å². The van der Waals surface area contributed by atoms with Crippen molar-refractivity contribution in [1.29, 1.82) is 0 Å². The minimum absolute atomic E-state index is 0.0576. The lowest BCUT2D eigenvalue weighted by atomic mass is 9.64. The first kappa shape index (κ1) is 13.0. The van der Waals surface area contributed by atoms with E-state index in [-0.39, 0.29) is 23.3 Å². The maximum atomic E-state index is 10.8. The molecular weight excluding hydrogens is 232 g/mol. The highest BCUT2D eigenvalue weighted by Gasteiger charge is 2.46. The molecule has 1 fully saturated rings. The van der Waals surface area contributed by atoms with Crippen LogP contribution in [-0.4, -0.2) is 33.3 Å². The van der Waals surface area contributed by atoms with Gasteiger partial charge in [0.15, 0.2) is 0 Å². The average molecular weight is 250 g/mol. The molecule has 0 aliphatic heterocycles. The van der Waals surface area contributed by atoms with Gasteiger partial charge in [0.1, 0.15) is 5.69 Å². The number of nitrogens with zero attached hydrogens (tertiary/aromatic N) is 1. The van der Waals surface area contributed by atoms with Crippen molar-refractivity contribution in [3.05, 3.63) is 29.6 Å². The predicted octanol–water partition coefficient (Wildman–Crippen LogP) is 1.03. The normalized spacial score (nSPS) is 25.5. The Kier molecular flexibility index (Phi) is 3.36. The molecule has 18 heavy (non-hydrogen) atoms. The maximum absolute atomic E-state index is 10.8. The molecule has 5 heteroatoms. The number of carboxylic acids is 1. The molecule has 0 aromatic carbocycles. The molecule has 0 amide bonds. The third-order valence-electron chi connectivity index (χ3n) is 3.77. The summed E-state index contributed by atoms with van der Waals surface area (Å²) in [5.74, 6) is -1.02. The Balaban J connectivity index is 1.95. The van der Waals surface area contributed by atoms with E-state index >= 15 is 0 Å². The van der Waals surface area contributed by atoms with E-state index in [1.54, 1.807) is 12.1 Å². The van der Waals surface area contributed by atoms with Crippen molar-refractivity contribution in [1.82, 2.24) is 10.3 Å². The highest BCUT2D eigenvalue weighted by Crippen LogP contribution is 2.40. The smallest absolute Gasteiger partial charge is 0.354 e. The second-order valence-electron chi connectivity index (χ2n) is 5.33. The number of aromatic nitrogens is 1. The number of hydrogen-bond acceptors (Lipinski definition) is 4. The highest BCUT2D eigenvalue weighted by atomic mass is 16.4. The van der Waals surface area contributed by atoms with Crippen molar-refractivity contribution in [2.45, 2.75) is 39.0 Å². The highest BCUT2D eigenvalue weighted by molar-refractivity contribution is 5.85. The molecule has 98 valence electrons. The van der Waals surface area contributed by atoms with Gasteiger partial charge in [0.25, 0.3) is 0 Å². The fraction of sp³-hybridized carbons (Fsp3) is 0.538. The topological polar surface area (TPSA) is 82.5 Å². The third-order valence-corrected chi connectivity index (χ3v) is 3.77. The zero-order valence-corrected chi connectivity index (χ0v) is 10.6. The van der Waals surface area contributed by atoms with Crippen LogP contribution in [0.3, 0.4) is 0 Å². The van der Waals surface area contributed by atoms with E-state index in [1.165, 1.54) is 6.07 Å². The number of nitrogens with one attached hydrogen (secondary N) is 1. The first-order valence-corrected chi connectivity index (χ1v) is 6.02. The van der Waals surface area contributed by atoms with Crippen molar-refractivity contribution < 1.29 is 15.0 Å². The average Bonchev–Trinajstić information content (AvgIpc) is 2.34. The van der Waals surface area contributed by atoms with Crippen LogP contribution in [0, 0.1) is 5.41 Å². The molecular formula is C13H18N2O3. The minimum Gasteiger partial charge on any atom is -0.477 e. The van der Waals surface area contributed by atoms with E-state index < -0.39 is 5.97 Å². The number of aliphatic hydroxyl groups excluding tert-OH is 1. The van der Waals surface area contributed by atoms with Crippen LogP contribution in [0.25, 0.3) is 0 Å². The quantitative estimate of drug-likeness (QED) is 0.743. The molecule has 5 nitrogen and oxygen atoms in total. The van der Waals surface area contributed by atoms with Crippen LogP contribution in [0.1, 0.15) is 36.5 Å². The largest absolute Gasteiger partial charge is 0.477 e. The van der Waals surface area contributed by atoms with E-state index in [9.17, 15) is 9.90 Å². The van der Waals surface area contributed by atoms with Crippen molar-refractivity contribution >= 4 is 5.97 Å². The lowest BCUT2D eigenvalue weighted by Crippen LogP contribution is -2.59. The molecule has 1 aromatic heterocycles. The second kappa shape index (κ2) is 4.66. The Hall–Kier alpha value is -1.46. The maximum Gasteiger partial charge on any atom is 0.354 e. The summed E-state index contributed by atoms with van der Waals surface area (Å²) >= 11 is 0.